The van der Waals surface area contributed by atoms with Gasteiger partial charge in [-0.3, -0.25) is 0 Å². The Balaban J connectivity index is 2.42. The molecule has 1 N–H and O–H groups in total. The van der Waals surface area contributed by atoms with E-state index in [1.54, 1.807) is 0 Å². The van der Waals surface area contributed by atoms with Crippen molar-refractivity contribution < 1.29 is 23.1 Å². The van der Waals surface area contributed by atoms with Crippen molar-refractivity contribution in [3.8, 4) is 5.69 Å². The Hall–Kier alpha value is -2.31. The number of carboxylic acid groups (broad SMARTS) is 1. The lowest BCUT2D eigenvalue weighted by Crippen LogP contribution is -2.09. The first-order valence-electron chi connectivity index (χ1n) is 6.68. The number of rotatable bonds is 4. The molecule has 0 aliphatic heterocycles. The van der Waals surface area contributed by atoms with Crippen molar-refractivity contribution in [1.82, 2.24) is 9.78 Å². The van der Waals surface area contributed by atoms with Crippen LogP contribution in [0.3, 0.4) is 0 Å². The second kappa shape index (κ2) is 5.82. The maximum absolute atomic E-state index is 12.6. The van der Waals surface area contributed by atoms with Crippen molar-refractivity contribution in [3.05, 3.63) is 47.3 Å². The maximum atomic E-state index is 12.6. The molecule has 0 fully saturated rings. The standard InChI is InChI=1S/C15H15F3N2O2/c1-9(2)7-11-8-13(14(21)22)20(19-11)12-5-3-10(4-6-12)15(16,17)18/h3-6,8-9H,7H2,1-2H3,(H,21,22). The molecule has 0 aliphatic rings. The van der Waals surface area contributed by atoms with Crippen LogP contribution in [0.25, 0.3) is 5.69 Å². The fourth-order valence-electron chi connectivity index (χ4n) is 2.09. The number of aromatic nitrogens is 2. The first kappa shape index (κ1) is 16.1. The number of hydrogen-bond donors (Lipinski definition) is 1. The quantitative estimate of drug-likeness (QED) is 0.934. The zero-order chi connectivity index (χ0) is 16.5. The predicted molar refractivity (Wildman–Crippen MR) is 74.1 cm³/mol. The number of carboxylic acids is 1. The van der Waals surface area contributed by atoms with Crippen LogP contribution in [0.1, 0.15) is 35.6 Å². The van der Waals surface area contributed by atoms with Gasteiger partial charge >= 0.3 is 12.1 Å². The number of hydrogen-bond acceptors (Lipinski definition) is 2. The third-order valence-electron chi connectivity index (χ3n) is 3.04. The van der Waals surface area contributed by atoms with E-state index in [-0.39, 0.29) is 17.3 Å². The highest BCUT2D eigenvalue weighted by Crippen LogP contribution is 2.29. The molecule has 0 radical (unpaired) electrons. The normalized spacial score (nSPS) is 11.9. The molecule has 0 bridgehead atoms. The van der Waals surface area contributed by atoms with Crippen LogP contribution >= 0.6 is 0 Å². The van der Waals surface area contributed by atoms with Gasteiger partial charge in [-0.2, -0.15) is 18.3 Å². The monoisotopic (exact) mass is 312 g/mol. The van der Waals surface area contributed by atoms with E-state index in [1.165, 1.54) is 18.2 Å². The molecule has 0 saturated carbocycles. The molecule has 0 amide bonds. The second-order valence-electron chi connectivity index (χ2n) is 5.38. The topological polar surface area (TPSA) is 55.1 Å². The molecule has 2 rings (SSSR count). The first-order valence-corrected chi connectivity index (χ1v) is 6.68. The Labute approximate surface area is 125 Å². The summed E-state index contributed by atoms with van der Waals surface area (Å²) < 4.78 is 38.8. The molecule has 4 nitrogen and oxygen atoms in total. The Morgan fingerprint density at radius 2 is 1.86 bits per heavy atom. The lowest BCUT2D eigenvalue weighted by molar-refractivity contribution is -0.137. The van der Waals surface area contributed by atoms with Crippen molar-refractivity contribution in [2.75, 3.05) is 0 Å². The number of alkyl halides is 3. The number of aromatic carboxylic acids is 1. The van der Waals surface area contributed by atoms with E-state index >= 15 is 0 Å². The van der Waals surface area contributed by atoms with E-state index in [9.17, 15) is 23.1 Å². The van der Waals surface area contributed by atoms with Crippen LogP contribution in [-0.4, -0.2) is 20.9 Å². The van der Waals surface area contributed by atoms with Crippen LogP contribution in [0.15, 0.2) is 30.3 Å². The number of benzene rings is 1. The van der Waals surface area contributed by atoms with Crippen LogP contribution < -0.4 is 0 Å². The Morgan fingerprint density at radius 3 is 2.32 bits per heavy atom. The van der Waals surface area contributed by atoms with Crippen LogP contribution in [0, 0.1) is 5.92 Å². The van der Waals surface area contributed by atoms with E-state index in [0.29, 0.717) is 12.1 Å². The molecule has 2 aromatic rings. The first-order chi connectivity index (χ1) is 10.2. The molecular formula is C15H15F3N2O2. The lowest BCUT2D eigenvalue weighted by atomic mass is 10.1. The predicted octanol–water partition coefficient (Wildman–Crippen LogP) is 3.79. The van der Waals surface area contributed by atoms with Gasteiger partial charge in [0.05, 0.1) is 16.9 Å². The summed E-state index contributed by atoms with van der Waals surface area (Å²) >= 11 is 0. The average molecular weight is 312 g/mol. The molecule has 1 heterocycles. The minimum atomic E-state index is -4.43. The zero-order valence-corrected chi connectivity index (χ0v) is 12.1. The molecule has 118 valence electrons. The number of nitrogens with zero attached hydrogens (tertiary/aromatic N) is 2. The summed E-state index contributed by atoms with van der Waals surface area (Å²) in [5, 5.41) is 13.4. The van der Waals surface area contributed by atoms with Crippen molar-refractivity contribution in [3.63, 3.8) is 0 Å². The van der Waals surface area contributed by atoms with Crippen LogP contribution in [-0.2, 0) is 12.6 Å². The Kier molecular flexibility index (Phi) is 4.25. The largest absolute Gasteiger partial charge is 0.477 e. The van der Waals surface area contributed by atoms with Gasteiger partial charge in [0.1, 0.15) is 0 Å². The van der Waals surface area contributed by atoms with Gasteiger partial charge in [0.15, 0.2) is 5.69 Å². The molecule has 0 aliphatic carbocycles. The fraction of sp³-hybridized carbons (Fsp3) is 0.333. The molecule has 0 spiro atoms. The molecular weight excluding hydrogens is 297 g/mol. The molecule has 0 atom stereocenters. The Bertz CT molecular complexity index is 673. The van der Waals surface area contributed by atoms with Crippen molar-refractivity contribution in [2.24, 2.45) is 5.92 Å². The third kappa shape index (κ3) is 3.47. The Morgan fingerprint density at radius 1 is 1.27 bits per heavy atom. The van der Waals surface area contributed by atoms with Gasteiger partial charge in [-0.15, -0.1) is 0 Å². The smallest absolute Gasteiger partial charge is 0.416 e. The number of halogens is 3. The summed E-state index contributed by atoms with van der Waals surface area (Å²) in [4.78, 5) is 11.3. The minimum Gasteiger partial charge on any atom is -0.477 e. The van der Waals surface area contributed by atoms with Gasteiger partial charge in [0.2, 0.25) is 0 Å². The van der Waals surface area contributed by atoms with Crippen LogP contribution in [0.4, 0.5) is 13.2 Å². The number of carbonyl (C=O) groups is 1. The van der Waals surface area contributed by atoms with E-state index in [1.807, 2.05) is 13.8 Å². The highest BCUT2D eigenvalue weighted by molar-refractivity contribution is 5.86. The fourth-order valence-corrected chi connectivity index (χ4v) is 2.09. The maximum Gasteiger partial charge on any atom is 0.416 e. The van der Waals surface area contributed by atoms with Crippen LogP contribution in [0.2, 0.25) is 0 Å². The van der Waals surface area contributed by atoms with Crippen molar-refractivity contribution in [1.29, 1.82) is 0 Å². The molecule has 7 heteroatoms. The molecule has 22 heavy (non-hydrogen) atoms. The highest BCUT2D eigenvalue weighted by Gasteiger charge is 2.30. The summed E-state index contributed by atoms with van der Waals surface area (Å²) in [7, 11) is 0. The SMILES string of the molecule is CC(C)Cc1cc(C(=O)O)n(-c2ccc(C(F)(F)F)cc2)n1. The molecule has 0 unspecified atom stereocenters. The summed E-state index contributed by atoms with van der Waals surface area (Å²) in [5.74, 6) is -0.889. The van der Waals surface area contributed by atoms with E-state index in [4.69, 9.17) is 0 Å². The van der Waals surface area contributed by atoms with Gasteiger partial charge < -0.3 is 5.11 Å². The van der Waals surface area contributed by atoms with E-state index < -0.39 is 17.7 Å². The van der Waals surface area contributed by atoms with Gasteiger partial charge in [0.25, 0.3) is 0 Å². The van der Waals surface area contributed by atoms with Crippen LogP contribution in [0.5, 0.6) is 0 Å². The van der Waals surface area contributed by atoms with E-state index in [2.05, 4.69) is 5.10 Å². The molecule has 1 aromatic carbocycles. The minimum absolute atomic E-state index is 0.0737. The highest BCUT2D eigenvalue weighted by atomic mass is 19.4. The van der Waals surface area contributed by atoms with Gasteiger partial charge in [-0.1, -0.05) is 13.8 Å². The molecule has 0 saturated heterocycles. The van der Waals surface area contributed by atoms with Crippen molar-refractivity contribution >= 4 is 5.97 Å². The van der Waals surface area contributed by atoms with E-state index in [0.717, 1.165) is 16.8 Å². The summed E-state index contributed by atoms with van der Waals surface area (Å²) in [5.41, 5.74) is 0.00537. The molecule has 1 aromatic heterocycles. The lowest BCUT2D eigenvalue weighted by Gasteiger charge is -2.08. The third-order valence-corrected chi connectivity index (χ3v) is 3.04. The summed E-state index contributed by atoms with van der Waals surface area (Å²) in [6, 6.07) is 5.68. The second-order valence-corrected chi connectivity index (χ2v) is 5.38. The van der Waals surface area contributed by atoms with Gasteiger partial charge in [-0.05, 0) is 42.7 Å². The summed E-state index contributed by atoms with van der Waals surface area (Å²) in [6.07, 6.45) is -3.84. The summed E-state index contributed by atoms with van der Waals surface area (Å²) in [6.45, 7) is 3.94. The zero-order valence-electron chi connectivity index (χ0n) is 12.1. The van der Waals surface area contributed by atoms with Gasteiger partial charge in [0, 0.05) is 0 Å². The van der Waals surface area contributed by atoms with Gasteiger partial charge in [-0.25, -0.2) is 9.48 Å². The van der Waals surface area contributed by atoms with Crippen molar-refractivity contribution in [2.45, 2.75) is 26.4 Å². The average Bonchev–Trinajstić information content (AvgIpc) is 2.81.